The van der Waals surface area contributed by atoms with Crippen molar-refractivity contribution < 1.29 is 24.2 Å². The molecule has 1 aliphatic heterocycles. The quantitative estimate of drug-likeness (QED) is 0.636. The van der Waals surface area contributed by atoms with Crippen LogP contribution in [0.5, 0.6) is 5.75 Å². The van der Waals surface area contributed by atoms with E-state index >= 15 is 0 Å². The number of aromatic hydroxyl groups is 1. The lowest BCUT2D eigenvalue weighted by Gasteiger charge is -2.08. The minimum absolute atomic E-state index is 0.00231. The maximum Gasteiger partial charge on any atom is 0.378 e. The third-order valence-corrected chi connectivity index (χ3v) is 1.56. The minimum Gasteiger partial charge on any atom is -0.502 e. The lowest BCUT2D eigenvalue weighted by Crippen LogP contribution is -2.19. The molecule has 2 heterocycles. The fourth-order valence-corrected chi connectivity index (χ4v) is 0.821. The summed E-state index contributed by atoms with van der Waals surface area (Å²) in [7, 11) is 0. The van der Waals surface area contributed by atoms with Crippen molar-refractivity contribution in [3.8, 4) is 5.75 Å². The zero-order valence-electron chi connectivity index (χ0n) is 8.20. The molecule has 0 radical (unpaired) electrons. The first-order valence-electron chi connectivity index (χ1n) is 4.37. The SMILES string of the molecule is O=C1C=CC(O)OC1.O=c1occcc1O. The molecule has 1 unspecified atom stereocenters. The van der Waals surface area contributed by atoms with Crippen molar-refractivity contribution in [1.29, 1.82) is 0 Å². The standard InChI is InChI=1S/C5H6O3.C5H4O3/c6-4-1-2-5(7)8-3-4;6-4-2-1-3-8-5(4)7/h1-2,5,7H,3H2;1-3,6H. The molecule has 0 amide bonds. The van der Waals surface area contributed by atoms with Gasteiger partial charge in [-0.2, -0.15) is 0 Å². The molecule has 0 saturated carbocycles. The largest absolute Gasteiger partial charge is 0.502 e. The number of carbonyl (C=O) groups excluding carboxylic acids is 1. The fraction of sp³-hybridized carbons (Fsp3) is 0.200. The molecular weight excluding hydrogens is 216 g/mol. The number of carbonyl (C=O) groups is 1. The van der Waals surface area contributed by atoms with Gasteiger partial charge in [0.1, 0.15) is 6.61 Å². The van der Waals surface area contributed by atoms with Crippen molar-refractivity contribution in [3.05, 3.63) is 41.0 Å². The summed E-state index contributed by atoms with van der Waals surface area (Å²) in [6, 6.07) is 2.71. The third-order valence-electron chi connectivity index (χ3n) is 1.56. The van der Waals surface area contributed by atoms with E-state index in [-0.39, 0.29) is 18.1 Å². The lowest BCUT2D eigenvalue weighted by atomic mass is 10.3. The molecule has 1 aromatic heterocycles. The van der Waals surface area contributed by atoms with Crippen LogP contribution in [0.25, 0.3) is 0 Å². The molecule has 0 saturated heterocycles. The number of rotatable bonds is 0. The summed E-state index contributed by atoms with van der Waals surface area (Å²) >= 11 is 0. The van der Waals surface area contributed by atoms with Crippen LogP contribution in [0.4, 0.5) is 0 Å². The Hall–Kier alpha value is -1.92. The summed E-state index contributed by atoms with van der Waals surface area (Å²) in [6.45, 7) is -0.00231. The number of hydrogen-bond acceptors (Lipinski definition) is 6. The van der Waals surface area contributed by atoms with Gasteiger partial charge >= 0.3 is 5.63 Å². The van der Waals surface area contributed by atoms with E-state index in [9.17, 15) is 9.59 Å². The summed E-state index contributed by atoms with van der Waals surface area (Å²) in [5, 5.41) is 17.1. The van der Waals surface area contributed by atoms with E-state index in [2.05, 4.69) is 9.15 Å². The van der Waals surface area contributed by atoms with Gasteiger partial charge < -0.3 is 19.4 Å². The van der Waals surface area contributed by atoms with Crippen molar-refractivity contribution in [2.45, 2.75) is 6.29 Å². The molecule has 2 rings (SSSR count). The van der Waals surface area contributed by atoms with E-state index in [0.717, 1.165) is 0 Å². The molecule has 2 N–H and O–H groups in total. The van der Waals surface area contributed by atoms with E-state index < -0.39 is 11.9 Å². The van der Waals surface area contributed by atoms with Gasteiger partial charge in [-0.15, -0.1) is 0 Å². The first kappa shape index (κ1) is 12.2. The van der Waals surface area contributed by atoms with Gasteiger partial charge in [-0.25, -0.2) is 4.79 Å². The Morgan fingerprint density at radius 1 is 1.38 bits per heavy atom. The Kier molecular flexibility index (Phi) is 4.43. The second-order valence-corrected chi connectivity index (χ2v) is 2.81. The van der Waals surface area contributed by atoms with E-state index in [1.54, 1.807) is 0 Å². The van der Waals surface area contributed by atoms with Gasteiger partial charge in [0, 0.05) is 0 Å². The molecule has 0 spiro atoms. The zero-order valence-corrected chi connectivity index (χ0v) is 8.20. The van der Waals surface area contributed by atoms with E-state index in [4.69, 9.17) is 10.2 Å². The number of ketones is 1. The molecule has 1 aromatic rings. The minimum atomic E-state index is -0.882. The highest BCUT2D eigenvalue weighted by Crippen LogP contribution is 1.96. The maximum absolute atomic E-state index is 10.3. The Bertz CT molecular complexity index is 433. The summed E-state index contributed by atoms with van der Waals surface area (Å²) in [6.07, 6.45) is 2.95. The van der Waals surface area contributed by atoms with Crippen LogP contribution in [-0.4, -0.2) is 28.9 Å². The van der Waals surface area contributed by atoms with Gasteiger partial charge in [-0.3, -0.25) is 4.79 Å². The van der Waals surface area contributed by atoms with Crippen LogP contribution in [-0.2, 0) is 9.53 Å². The highest BCUT2D eigenvalue weighted by Gasteiger charge is 2.07. The number of hydrogen-bond donors (Lipinski definition) is 2. The van der Waals surface area contributed by atoms with Crippen LogP contribution in [0.1, 0.15) is 0 Å². The fourth-order valence-electron chi connectivity index (χ4n) is 0.821. The van der Waals surface area contributed by atoms with Crippen molar-refractivity contribution in [1.82, 2.24) is 0 Å². The molecule has 1 aliphatic rings. The Labute approximate surface area is 90.4 Å². The van der Waals surface area contributed by atoms with Crippen molar-refractivity contribution in [2.75, 3.05) is 6.61 Å². The Morgan fingerprint density at radius 2 is 2.12 bits per heavy atom. The molecule has 0 aliphatic carbocycles. The smallest absolute Gasteiger partial charge is 0.378 e. The van der Waals surface area contributed by atoms with Gasteiger partial charge in [0.15, 0.2) is 12.1 Å². The van der Waals surface area contributed by atoms with Crippen LogP contribution >= 0.6 is 0 Å². The first-order valence-corrected chi connectivity index (χ1v) is 4.37. The Balaban J connectivity index is 0.000000160. The molecule has 0 bridgehead atoms. The van der Waals surface area contributed by atoms with Gasteiger partial charge in [0.2, 0.25) is 5.75 Å². The van der Waals surface area contributed by atoms with Crippen LogP contribution in [0.3, 0.4) is 0 Å². The lowest BCUT2D eigenvalue weighted by molar-refractivity contribution is -0.131. The summed E-state index contributed by atoms with van der Waals surface area (Å²) in [4.78, 5) is 20.5. The molecule has 0 fully saturated rings. The topological polar surface area (TPSA) is 97.0 Å². The summed E-state index contributed by atoms with van der Waals surface area (Å²) in [5.41, 5.74) is -0.701. The molecule has 1 atom stereocenters. The van der Waals surface area contributed by atoms with Crippen molar-refractivity contribution in [3.63, 3.8) is 0 Å². The maximum atomic E-state index is 10.3. The zero-order chi connectivity index (χ0) is 12.0. The molecule has 86 valence electrons. The number of ether oxygens (including phenoxy) is 1. The monoisotopic (exact) mass is 226 g/mol. The second kappa shape index (κ2) is 5.84. The van der Waals surface area contributed by atoms with Crippen molar-refractivity contribution in [2.24, 2.45) is 0 Å². The number of aliphatic hydroxyl groups excluding tert-OH is 1. The predicted octanol–water partition coefficient (Wildman–Crippen LogP) is -0.194. The molecular formula is C10H10O6. The van der Waals surface area contributed by atoms with Crippen LogP contribution in [0.15, 0.2) is 39.8 Å². The average Bonchev–Trinajstić information content (AvgIpc) is 2.28. The van der Waals surface area contributed by atoms with E-state index in [0.29, 0.717) is 0 Å². The normalized spacial score (nSPS) is 18.8. The average molecular weight is 226 g/mol. The van der Waals surface area contributed by atoms with Crippen molar-refractivity contribution >= 4 is 5.78 Å². The van der Waals surface area contributed by atoms with Crippen LogP contribution < -0.4 is 5.63 Å². The molecule has 16 heavy (non-hydrogen) atoms. The van der Waals surface area contributed by atoms with Crippen LogP contribution in [0, 0.1) is 0 Å². The highest BCUT2D eigenvalue weighted by molar-refractivity contribution is 5.91. The van der Waals surface area contributed by atoms with E-state index in [1.165, 1.54) is 30.5 Å². The predicted molar refractivity (Wildman–Crippen MR) is 52.7 cm³/mol. The summed E-state index contributed by atoms with van der Waals surface area (Å²) < 4.78 is 8.76. The van der Waals surface area contributed by atoms with Gasteiger partial charge in [0.25, 0.3) is 0 Å². The van der Waals surface area contributed by atoms with Crippen LogP contribution in [0.2, 0.25) is 0 Å². The third kappa shape index (κ3) is 4.07. The molecule has 6 heteroatoms. The van der Waals surface area contributed by atoms with E-state index in [1.807, 2.05) is 0 Å². The van der Waals surface area contributed by atoms with Gasteiger partial charge in [0.05, 0.1) is 6.26 Å². The highest BCUT2D eigenvalue weighted by atomic mass is 16.6. The number of aliphatic hydroxyl groups is 1. The summed E-state index contributed by atoms with van der Waals surface area (Å²) in [5.74, 6) is -0.456. The van der Waals surface area contributed by atoms with Gasteiger partial charge in [-0.05, 0) is 24.3 Å². The molecule has 6 nitrogen and oxygen atoms in total. The second-order valence-electron chi connectivity index (χ2n) is 2.81. The Morgan fingerprint density at radius 3 is 2.50 bits per heavy atom. The molecule has 0 aromatic carbocycles. The first-order chi connectivity index (χ1) is 7.59. The van der Waals surface area contributed by atoms with Gasteiger partial charge in [-0.1, -0.05) is 0 Å².